The number of hydrazine groups is 1. The highest BCUT2D eigenvalue weighted by Gasteiger charge is 2.30. The summed E-state index contributed by atoms with van der Waals surface area (Å²) in [4.78, 5) is 22.9. The SMILES string of the molecule is CN1C(=O)CCN1c1ccccc1C(CN)C(=O)O. The second-order valence-corrected chi connectivity index (χ2v) is 4.48. The van der Waals surface area contributed by atoms with Gasteiger partial charge in [0.1, 0.15) is 0 Å². The van der Waals surface area contributed by atoms with Crippen LogP contribution in [0.4, 0.5) is 5.69 Å². The molecule has 0 aliphatic carbocycles. The van der Waals surface area contributed by atoms with E-state index in [9.17, 15) is 14.7 Å². The van der Waals surface area contributed by atoms with Crippen LogP contribution < -0.4 is 10.7 Å². The van der Waals surface area contributed by atoms with E-state index in [1.807, 2.05) is 12.1 Å². The van der Waals surface area contributed by atoms with Gasteiger partial charge in [0.15, 0.2) is 0 Å². The van der Waals surface area contributed by atoms with Gasteiger partial charge >= 0.3 is 5.97 Å². The molecule has 0 spiro atoms. The summed E-state index contributed by atoms with van der Waals surface area (Å²) in [5, 5.41) is 12.5. The van der Waals surface area contributed by atoms with E-state index in [1.165, 1.54) is 5.01 Å². The smallest absolute Gasteiger partial charge is 0.312 e. The molecular formula is C13H17N3O3. The van der Waals surface area contributed by atoms with Crippen molar-refractivity contribution in [2.75, 3.05) is 25.1 Å². The fourth-order valence-corrected chi connectivity index (χ4v) is 2.31. The fourth-order valence-electron chi connectivity index (χ4n) is 2.31. The van der Waals surface area contributed by atoms with Crippen LogP contribution in [0.25, 0.3) is 0 Å². The lowest BCUT2D eigenvalue weighted by Crippen LogP contribution is -2.37. The first-order valence-electron chi connectivity index (χ1n) is 6.12. The largest absolute Gasteiger partial charge is 0.481 e. The number of aliphatic carboxylic acids is 1. The number of carbonyl (C=O) groups excluding carboxylic acids is 1. The molecule has 1 aromatic rings. The molecule has 0 bridgehead atoms. The predicted octanol–water partition coefficient (Wildman–Crippen LogP) is 0.397. The molecule has 6 heteroatoms. The number of benzene rings is 1. The normalized spacial score (nSPS) is 16.8. The Bertz CT molecular complexity index is 504. The molecule has 0 saturated carbocycles. The minimum atomic E-state index is -0.955. The van der Waals surface area contributed by atoms with Gasteiger partial charge in [-0.1, -0.05) is 18.2 Å². The van der Waals surface area contributed by atoms with Gasteiger partial charge in [0.05, 0.1) is 11.6 Å². The summed E-state index contributed by atoms with van der Waals surface area (Å²) in [6, 6.07) is 7.17. The lowest BCUT2D eigenvalue weighted by atomic mass is 9.97. The van der Waals surface area contributed by atoms with E-state index in [4.69, 9.17) is 5.73 Å². The number of nitrogens with zero attached hydrogens (tertiary/aromatic N) is 2. The molecule has 1 saturated heterocycles. The van der Waals surface area contributed by atoms with Gasteiger partial charge in [-0.25, -0.2) is 0 Å². The van der Waals surface area contributed by atoms with E-state index in [1.54, 1.807) is 24.2 Å². The Morgan fingerprint density at radius 2 is 2.16 bits per heavy atom. The minimum absolute atomic E-state index is 0.0226. The Morgan fingerprint density at radius 3 is 2.68 bits per heavy atom. The van der Waals surface area contributed by atoms with Crippen molar-refractivity contribution in [3.05, 3.63) is 29.8 Å². The minimum Gasteiger partial charge on any atom is -0.481 e. The summed E-state index contributed by atoms with van der Waals surface area (Å²) in [7, 11) is 1.68. The highest BCUT2D eigenvalue weighted by Crippen LogP contribution is 2.30. The third-order valence-electron chi connectivity index (χ3n) is 3.38. The number of anilines is 1. The average Bonchev–Trinajstić information content (AvgIpc) is 2.71. The predicted molar refractivity (Wildman–Crippen MR) is 70.6 cm³/mol. The summed E-state index contributed by atoms with van der Waals surface area (Å²) in [5.74, 6) is -1.70. The maximum atomic E-state index is 11.6. The number of rotatable bonds is 4. The standard InChI is InChI=1S/C13H17N3O3/c1-15-12(17)6-7-16(15)11-5-3-2-4-9(11)10(8-14)13(18)19/h2-5,10H,6-8,14H2,1H3,(H,18,19). The highest BCUT2D eigenvalue weighted by molar-refractivity contribution is 5.84. The number of carboxylic acids is 1. The third-order valence-corrected chi connectivity index (χ3v) is 3.38. The molecule has 19 heavy (non-hydrogen) atoms. The fraction of sp³-hybridized carbons (Fsp3) is 0.385. The molecule has 102 valence electrons. The summed E-state index contributed by atoms with van der Waals surface area (Å²) in [6.45, 7) is 0.584. The van der Waals surface area contributed by atoms with Crippen molar-refractivity contribution in [3.8, 4) is 0 Å². The van der Waals surface area contributed by atoms with Crippen molar-refractivity contribution in [1.82, 2.24) is 5.01 Å². The van der Waals surface area contributed by atoms with Gasteiger partial charge < -0.3 is 10.8 Å². The number of hydrogen-bond donors (Lipinski definition) is 2. The van der Waals surface area contributed by atoms with Crippen molar-refractivity contribution in [1.29, 1.82) is 0 Å². The first-order valence-corrected chi connectivity index (χ1v) is 6.12. The first kappa shape index (κ1) is 13.4. The lowest BCUT2D eigenvalue weighted by Gasteiger charge is -2.29. The summed E-state index contributed by atoms with van der Waals surface area (Å²) in [6.07, 6.45) is 0.436. The molecule has 1 atom stereocenters. The maximum absolute atomic E-state index is 11.6. The number of para-hydroxylation sites is 1. The van der Waals surface area contributed by atoms with Crippen LogP contribution in [0.5, 0.6) is 0 Å². The molecule has 1 fully saturated rings. The Hall–Kier alpha value is -2.08. The molecular weight excluding hydrogens is 246 g/mol. The summed E-state index contributed by atoms with van der Waals surface area (Å²) < 4.78 is 0. The van der Waals surface area contributed by atoms with Crippen molar-refractivity contribution in [2.45, 2.75) is 12.3 Å². The van der Waals surface area contributed by atoms with Crippen LogP contribution in [0.2, 0.25) is 0 Å². The van der Waals surface area contributed by atoms with Gasteiger partial charge in [-0.15, -0.1) is 0 Å². The van der Waals surface area contributed by atoms with E-state index in [2.05, 4.69) is 0 Å². The van der Waals surface area contributed by atoms with Crippen LogP contribution in [-0.2, 0) is 9.59 Å². The third kappa shape index (κ3) is 2.39. The molecule has 0 radical (unpaired) electrons. The van der Waals surface area contributed by atoms with Crippen molar-refractivity contribution < 1.29 is 14.7 Å². The molecule has 3 N–H and O–H groups in total. The van der Waals surface area contributed by atoms with Crippen LogP contribution in [0, 0.1) is 0 Å². The molecule has 1 amide bonds. The van der Waals surface area contributed by atoms with E-state index < -0.39 is 11.9 Å². The molecule has 6 nitrogen and oxygen atoms in total. The first-order chi connectivity index (χ1) is 9.06. The van der Waals surface area contributed by atoms with E-state index in [0.29, 0.717) is 18.5 Å². The average molecular weight is 263 g/mol. The Balaban J connectivity index is 2.41. The zero-order valence-corrected chi connectivity index (χ0v) is 10.7. The van der Waals surface area contributed by atoms with Crippen LogP contribution in [0.1, 0.15) is 17.9 Å². The highest BCUT2D eigenvalue weighted by atomic mass is 16.4. The van der Waals surface area contributed by atoms with Gasteiger partial charge in [-0.05, 0) is 11.6 Å². The van der Waals surface area contributed by atoms with Crippen LogP contribution in [-0.4, -0.2) is 42.1 Å². The van der Waals surface area contributed by atoms with Crippen molar-refractivity contribution >= 4 is 17.6 Å². The van der Waals surface area contributed by atoms with Crippen molar-refractivity contribution in [3.63, 3.8) is 0 Å². The molecule has 1 aliphatic rings. The van der Waals surface area contributed by atoms with Gasteiger partial charge in [-0.3, -0.25) is 19.6 Å². The van der Waals surface area contributed by atoms with Gasteiger partial charge in [0, 0.05) is 26.6 Å². The van der Waals surface area contributed by atoms with Gasteiger partial charge in [0.2, 0.25) is 5.91 Å². The number of hydrogen-bond acceptors (Lipinski definition) is 4. The van der Waals surface area contributed by atoms with E-state index in [0.717, 1.165) is 5.69 Å². The molecule has 1 unspecified atom stereocenters. The topological polar surface area (TPSA) is 86.9 Å². The second-order valence-electron chi connectivity index (χ2n) is 4.48. The second kappa shape index (κ2) is 5.27. The van der Waals surface area contributed by atoms with E-state index in [-0.39, 0.29) is 12.5 Å². The zero-order chi connectivity index (χ0) is 14.0. The molecule has 1 aromatic carbocycles. The summed E-state index contributed by atoms with van der Waals surface area (Å²) >= 11 is 0. The lowest BCUT2D eigenvalue weighted by molar-refractivity contribution is -0.138. The molecule has 1 heterocycles. The zero-order valence-electron chi connectivity index (χ0n) is 10.7. The van der Waals surface area contributed by atoms with Crippen LogP contribution in [0.3, 0.4) is 0 Å². The molecule has 1 aliphatic heterocycles. The maximum Gasteiger partial charge on any atom is 0.312 e. The van der Waals surface area contributed by atoms with Gasteiger partial charge in [-0.2, -0.15) is 0 Å². The monoisotopic (exact) mass is 263 g/mol. The Kier molecular flexibility index (Phi) is 3.71. The number of nitrogens with two attached hydrogens (primary N) is 1. The quantitative estimate of drug-likeness (QED) is 0.821. The van der Waals surface area contributed by atoms with E-state index >= 15 is 0 Å². The summed E-state index contributed by atoms with van der Waals surface area (Å²) in [5.41, 5.74) is 6.92. The Morgan fingerprint density at radius 1 is 1.47 bits per heavy atom. The van der Waals surface area contributed by atoms with Crippen LogP contribution >= 0.6 is 0 Å². The van der Waals surface area contributed by atoms with Crippen LogP contribution in [0.15, 0.2) is 24.3 Å². The number of carboxylic acid groups (broad SMARTS) is 1. The van der Waals surface area contributed by atoms with Gasteiger partial charge in [0.25, 0.3) is 0 Å². The van der Waals surface area contributed by atoms with Crippen molar-refractivity contribution in [2.24, 2.45) is 5.73 Å². The molecule has 0 aromatic heterocycles. The Labute approximate surface area is 111 Å². The number of amides is 1. The molecule has 2 rings (SSSR count). The number of carbonyl (C=O) groups is 2.